The topological polar surface area (TPSA) is 26.8 Å². The quantitative estimate of drug-likeness (QED) is 0.796. The van der Waals surface area contributed by atoms with Crippen molar-refractivity contribution in [2.24, 2.45) is 0 Å². The highest BCUT2D eigenvalue weighted by Crippen LogP contribution is 2.22. The van der Waals surface area contributed by atoms with Gasteiger partial charge in [-0.2, -0.15) is 0 Å². The summed E-state index contributed by atoms with van der Waals surface area (Å²) in [5.41, 5.74) is 0. The Morgan fingerprint density at radius 3 is 2.05 bits per heavy atom. The molecule has 0 aromatic rings. The molecule has 0 N–H and O–H groups in total. The fourth-order valence-corrected chi connectivity index (χ4v) is 4.28. The number of carbonyl (C=O) groups excluding carboxylic acids is 1. The molecular weight excluding hydrogens is 262 g/mol. The van der Waals surface area contributed by atoms with E-state index in [0.29, 0.717) is 5.91 Å². The lowest BCUT2D eigenvalue weighted by molar-refractivity contribution is -0.136. The van der Waals surface area contributed by atoms with Crippen LogP contribution >= 0.6 is 0 Å². The summed E-state index contributed by atoms with van der Waals surface area (Å²) in [6.07, 6.45) is 9.05. The predicted octanol–water partition coefficient (Wildman–Crippen LogP) is 1.95. The van der Waals surface area contributed by atoms with E-state index in [9.17, 15) is 4.79 Å². The van der Waals surface area contributed by atoms with Gasteiger partial charge in [-0.15, -0.1) is 0 Å². The van der Waals surface area contributed by atoms with Crippen LogP contribution < -0.4 is 0 Å². The standard InChI is InChI=1S/C17H31N3O/c1-15(17(21)20-11-5-6-12-20)18-13-7-16(8-14-18)19-9-3-2-4-10-19/h15-16H,2-14H2,1H3/t15-/m0/s1. The first-order chi connectivity index (χ1) is 10.3. The Morgan fingerprint density at radius 2 is 1.43 bits per heavy atom. The third-order valence-corrected chi connectivity index (χ3v) is 5.73. The van der Waals surface area contributed by atoms with Gasteiger partial charge in [0.25, 0.3) is 0 Å². The SMILES string of the molecule is C[C@@H](C(=O)N1CCCC1)N1CCC(N2CCCCC2)CC1. The van der Waals surface area contributed by atoms with Gasteiger partial charge >= 0.3 is 0 Å². The van der Waals surface area contributed by atoms with Crippen molar-refractivity contribution < 1.29 is 4.79 Å². The van der Waals surface area contributed by atoms with Gasteiger partial charge in [-0.25, -0.2) is 0 Å². The summed E-state index contributed by atoms with van der Waals surface area (Å²) in [6, 6.07) is 0.862. The molecule has 0 unspecified atom stereocenters. The molecule has 4 nitrogen and oxygen atoms in total. The second-order valence-corrected chi connectivity index (χ2v) is 7.07. The molecule has 0 bridgehead atoms. The van der Waals surface area contributed by atoms with E-state index in [1.54, 1.807) is 0 Å². The van der Waals surface area contributed by atoms with E-state index in [-0.39, 0.29) is 6.04 Å². The monoisotopic (exact) mass is 293 g/mol. The van der Waals surface area contributed by atoms with Gasteiger partial charge in [0.1, 0.15) is 0 Å². The van der Waals surface area contributed by atoms with Gasteiger partial charge in [0.2, 0.25) is 5.91 Å². The molecule has 0 spiro atoms. The van der Waals surface area contributed by atoms with Crippen molar-refractivity contribution in [1.29, 1.82) is 0 Å². The van der Waals surface area contributed by atoms with Crippen molar-refractivity contribution in [3.8, 4) is 0 Å². The third kappa shape index (κ3) is 3.59. The molecule has 1 amide bonds. The first-order valence-electron chi connectivity index (χ1n) is 9.02. The smallest absolute Gasteiger partial charge is 0.239 e. The molecule has 0 aromatic carbocycles. The highest BCUT2D eigenvalue weighted by Gasteiger charge is 2.32. The second-order valence-electron chi connectivity index (χ2n) is 7.07. The summed E-state index contributed by atoms with van der Waals surface area (Å²) in [7, 11) is 0. The molecule has 0 radical (unpaired) electrons. The fraction of sp³-hybridized carbons (Fsp3) is 0.941. The molecular formula is C17H31N3O. The zero-order chi connectivity index (χ0) is 14.7. The van der Waals surface area contributed by atoms with Gasteiger partial charge in [-0.05, 0) is 58.5 Å². The van der Waals surface area contributed by atoms with Gasteiger partial charge < -0.3 is 9.80 Å². The molecule has 3 fully saturated rings. The van der Waals surface area contributed by atoms with Crippen LogP contribution in [0.4, 0.5) is 0 Å². The Bertz CT molecular complexity index is 340. The molecule has 0 aliphatic carbocycles. The average Bonchev–Trinajstić information content (AvgIpc) is 3.09. The van der Waals surface area contributed by atoms with Gasteiger partial charge in [-0.3, -0.25) is 9.69 Å². The van der Waals surface area contributed by atoms with Crippen molar-refractivity contribution in [3.63, 3.8) is 0 Å². The number of amides is 1. The average molecular weight is 293 g/mol. The van der Waals surface area contributed by atoms with E-state index in [2.05, 4.69) is 21.6 Å². The summed E-state index contributed by atoms with van der Waals surface area (Å²) in [5, 5.41) is 0. The maximum Gasteiger partial charge on any atom is 0.239 e. The summed E-state index contributed by atoms with van der Waals surface area (Å²) < 4.78 is 0. The van der Waals surface area contributed by atoms with Crippen LogP contribution in [-0.4, -0.2) is 72.0 Å². The lowest BCUT2D eigenvalue weighted by Gasteiger charge is -2.42. The van der Waals surface area contributed by atoms with Crippen LogP contribution in [0.5, 0.6) is 0 Å². The van der Waals surface area contributed by atoms with Gasteiger partial charge in [0, 0.05) is 32.2 Å². The summed E-state index contributed by atoms with van der Waals surface area (Å²) in [5.74, 6) is 0.365. The number of rotatable bonds is 3. The van der Waals surface area contributed by atoms with Crippen molar-refractivity contribution in [1.82, 2.24) is 14.7 Å². The minimum absolute atomic E-state index is 0.0883. The van der Waals surface area contributed by atoms with E-state index < -0.39 is 0 Å². The van der Waals surface area contributed by atoms with E-state index in [1.165, 1.54) is 58.0 Å². The van der Waals surface area contributed by atoms with Crippen molar-refractivity contribution in [2.75, 3.05) is 39.3 Å². The minimum atomic E-state index is 0.0883. The van der Waals surface area contributed by atoms with Crippen LogP contribution in [-0.2, 0) is 4.79 Å². The van der Waals surface area contributed by atoms with Gasteiger partial charge in [0.15, 0.2) is 0 Å². The van der Waals surface area contributed by atoms with Gasteiger partial charge in [0.05, 0.1) is 6.04 Å². The number of carbonyl (C=O) groups is 1. The first-order valence-corrected chi connectivity index (χ1v) is 9.02. The van der Waals surface area contributed by atoms with Crippen LogP contribution in [0.15, 0.2) is 0 Å². The fourth-order valence-electron chi connectivity index (χ4n) is 4.28. The second kappa shape index (κ2) is 7.10. The Hall–Kier alpha value is -0.610. The molecule has 3 heterocycles. The van der Waals surface area contributed by atoms with Crippen molar-refractivity contribution >= 4 is 5.91 Å². The number of hydrogen-bond donors (Lipinski definition) is 0. The summed E-state index contributed by atoms with van der Waals surface area (Å²) >= 11 is 0. The highest BCUT2D eigenvalue weighted by atomic mass is 16.2. The molecule has 120 valence electrons. The molecule has 4 heteroatoms. The third-order valence-electron chi connectivity index (χ3n) is 5.73. The van der Waals surface area contributed by atoms with Crippen LogP contribution in [0.2, 0.25) is 0 Å². The number of piperidine rings is 2. The number of hydrogen-bond acceptors (Lipinski definition) is 3. The number of nitrogens with zero attached hydrogens (tertiary/aromatic N) is 3. The zero-order valence-electron chi connectivity index (χ0n) is 13.6. The highest BCUT2D eigenvalue weighted by molar-refractivity contribution is 5.81. The normalized spacial score (nSPS) is 28.0. The Morgan fingerprint density at radius 1 is 0.857 bits per heavy atom. The minimum Gasteiger partial charge on any atom is -0.341 e. The van der Waals surface area contributed by atoms with E-state index >= 15 is 0 Å². The molecule has 3 aliphatic rings. The molecule has 3 rings (SSSR count). The summed E-state index contributed by atoms with van der Waals surface area (Å²) in [6.45, 7) is 8.87. The Labute approximate surface area is 129 Å². The van der Waals surface area contributed by atoms with Crippen LogP contribution in [0, 0.1) is 0 Å². The molecule has 0 saturated carbocycles. The molecule has 0 aromatic heterocycles. The van der Waals surface area contributed by atoms with E-state index in [0.717, 1.165) is 32.2 Å². The first kappa shape index (κ1) is 15.3. The van der Waals surface area contributed by atoms with Crippen LogP contribution in [0.25, 0.3) is 0 Å². The maximum atomic E-state index is 12.5. The molecule has 3 saturated heterocycles. The van der Waals surface area contributed by atoms with Gasteiger partial charge in [-0.1, -0.05) is 6.42 Å². The van der Waals surface area contributed by atoms with Crippen molar-refractivity contribution in [2.45, 2.75) is 64.0 Å². The zero-order valence-corrected chi connectivity index (χ0v) is 13.6. The summed E-state index contributed by atoms with van der Waals surface area (Å²) in [4.78, 5) is 19.7. The van der Waals surface area contributed by atoms with E-state index in [1.807, 2.05) is 0 Å². The van der Waals surface area contributed by atoms with Crippen molar-refractivity contribution in [3.05, 3.63) is 0 Å². The molecule has 21 heavy (non-hydrogen) atoms. The number of likely N-dealkylation sites (tertiary alicyclic amines) is 3. The largest absolute Gasteiger partial charge is 0.341 e. The molecule has 1 atom stereocenters. The lowest BCUT2D eigenvalue weighted by atomic mass is 9.99. The maximum absolute atomic E-state index is 12.5. The molecule has 3 aliphatic heterocycles. The van der Waals surface area contributed by atoms with Crippen LogP contribution in [0.1, 0.15) is 51.9 Å². The lowest BCUT2D eigenvalue weighted by Crippen LogP contribution is -2.52. The Balaban J connectivity index is 1.47. The Kier molecular flexibility index (Phi) is 5.17. The van der Waals surface area contributed by atoms with Crippen LogP contribution in [0.3, 0.4) is 0 Å². The van der Waals surface area contributed by atoms with E-state index in [4.69, 9.17) is 0 Å². The predicted molar refractivity (Wildman–Crippen MR) is 85.3 cm³/mol.